The molecule has 0 atom stereocenters. The van der Waals surface area contributed by atoms with E-state index in [2.05, 4.69) is 9.97 Å². The number of hydrogen-bond acceptors (Lipinski definition) is 4. The van der Waals surface area contributed by atoms with Crippen LogP contribution < -0.4 is 10.6 Å². The lowest BCUT2D eigenvalue weighted by molar-refractivity contribution is 0.515. The van der Waals surface area contributed by atoms with Gasteiger partial charge in [-0.3, -0.25) is 0 Å². The Morgan fingerprint density at radius 1 is 1.28 bits per heavy atom. The molecule has 0 bridgehead atoms. The van der Waals surface area contributed by atoms with Crippen molar-refractivity contribution in [3.8, 4) is 0 Å². The van der Waals surface area contributed by atoms with Crippen LogP contribution in [0, 0.1) is 0 Å². The van der Waals surface area contributed by atoms with Gasteiger partial charge in [0.15, 0.2) is 0 Å². The van der Waals surface area contributed by atoms with Crippen LogP contribution in [-0.4, -0.2) is 29.1 Å². The summed E-state index contributed by atoms with van der Waals surface area (Å²) in [5.74, 6) is 1.44. The summed E-state index contributed by atoms with van der Waals surface area (Å²) in [6.07, 6.45) is 9.22. The molecule has 0 amide bonds. The minimum absolute atomic E-state index is 0.234. The molecule has 1 heterocycles. The van der Waals surface area contributed by atoms with Gasteiger partial charge in [-0.25, -0.2) is 9.97 Å². The Morgan fingerprint density at radius 3 is 2.33 bits per heavy atom. The molecule has 1 aromatic heterocycles. The van der Waals surface area contributed by atoms with Gasteiger partial charge in [0.25, 0.3) is 0 Å². The van der Waals surface area contributed by atoms with Crippen molar-refractivity contribution in [1.29, 1.82) is 0 Å². The summed E-state index contributed by atoms with van der Waals surface area (Å²) in [5.41, 5.74) is 7.06. The molecule has 4 nitrogen and oxygen atoms in total. The first-order chi connectivity index (χ1) is 8.46. The van der Waals surface area contributed by atoms with Gasteiger partial charge in [0.2, 0.25) is 5.95 Å². The molecule has 0 aliphatic heterocycles. The topological polar surface area (TPSA) is 55.0 Å². The molecule has 4 heteroatoms. The molecule has 0 radical (unpaired) electrons. The lowest BCUT2D eigenvalue weighted by Crippen LogP contribution is -2.44. The number of nitrogens with zero attached hydrogens (tertiary/aromatic N) is 3. The van der Waals surface area contributed by atoms with Crippen LogP contribution in [-0.2, 0) is 0 Å². The minimum Gasteiger partial charge on any atom is -0.342 e. The average Bonchev–Trinajstić information content (AvgIpc) is 2.80. The predicted molar refractivity (Wildman–Crippen MR) is 74.8 cm³/mol. The normalized spacial score (nSPS) is 17.1. The summed E-state index contributed by atoms with van der Waals surface area (Å²) in [5, 5.41) is 0. The van der Waals surface area contributed by atoms with Gasteiger partial charge in [0.05, 0.1) is 0 Å². The quantitative estimate of drug-likeness (QED) is 0.888. The van der Waals surface area contributed by atoms with Gasteiger partial charge in [-0.1, -0.05) is 12.8 Å². The van der Waals surface area contributed by atoms with Crippen molar-refractivity contribution in [2.24, 2.45) is 5.73 Å². The van der Waals surface area contributed by atoms with Gasteiger partial charge < -0.3 is 10.6 Å². The second-order valence-corrected chi connectivity index (χ2v) is 6.14. The van der Waals surface area contributed by atoms with Gasteiger partial charge in [0, 0.05) is 31.5 Å². The maximum atomic E-state index is 6.01. The van der Waals surface area contributed by atoms with E-state index in [0.717, 1.165) is 12.5 Å². The van der Waals surface area contributed by atoms with E-state index in [0.29, 0.717) is 5.92 Å². The zero-order valence-electron chi connectivity index (χ0n) is 11.7. The van der Waals surface area contributed by atoms with Crippen molar-refractivity contribution in [3.05, 3.63) is 18.0 Å². The first-order valence-electron chi connectivity index (χ1n) is 6.78. The Kier molecular flexibility index (Phi) is 3.85. The molecule has 100 valence electrons. The summed E-state index contributed by atoms with van der Waals surface area (Å²) < 4.78 is 0. The zero-order valence-corrected chi connectivity index (χ0v) is 11.7. The molecule has 2 rings (SSSR count). The number of nitrogens with two attached hydrogens (primary N) is 1. The fourth-order valence-corrected chi connectivity index (χ4v) is 2.68. The van der Waals surface area contributed by atoms with E-state index in [9.17, 15) is 0 Å². The number of anilines is 1. The Hall–Kier alpha value is -1.16. The maximum absolute atomic E-state index is 6.01. The largest absolute Gasteiger partial charge is 0.342 e. The number of likely N-dealkylation sites (N-methyl/N-ethyl adjacent to an activating group) is 1. The van der Waals surface area contributed by atoms with Crippen molar-refractivity contribution < 1.29 is 0 Å². The van der Waals surface area contributed by atoms with Crippen LogP contribution in [0.1, 0.15) is 51.0 Å². The molecule has 0 unspecified atom stereocenters. The third kappa shape index (κ3) is 3.42. The summed E-state index contributed by atoms with van der Waals surface area (Å²) in [4.78, 5) is 10.9. The van der Waals surface area contributed by atoms with Gasteiger partial charge in [-0.15, -0.1) is 0 Å². The SMILES string of the molecule is CN(CC(C)(C)N)c1ncc(C2CCCC2)cn1. The highest BCUT2D eigenvalue weighted by atomic mass is 15.2. The fraction of sp³-hybridized carbons (Fsp3) is 0.714. The first-order valence-corrected chi connectivity index (χ1v) is 6.78. The fourth-order valence-electron chi connectivity index (χ4n) is 2.68. The standard InChI is InChI=1S/C14H24N4/c1-14(2,15)10-18(3)13-16-8-12(9-17-13)11-6-4-5-7-11/h8-9,11H,4-7,10,15H2,1-3H3. The van der Waals surface area contributed by atoms with Gasteiger partial charge in [0.1, 0.15) is 0 Å². The van der Waals surface area contributed by atoms with Crippen molar-refractivity contribution in [3.63, 3.8) is 0 Å². The Balaban J connectivity index is 2.02. The third-order valence-corrected chi connectivity index (χ3v) is 3.47. The molecule has 1 aromatic rings. The van der Waals surface area contributed by atoms with Crippen LogP contribution in [0.3, 0.4) is 0 Å². The minimum atomic E-state index is -0.234. The van der Waals surface area contributed by atoms with E-state index in [4.69, 9.17) is 5.73 Å². The van der Waals surface area contributed by atoms with E-state index >= 15 is 0 Å². The van der Waals surface area contributed by atoms with Gasteiger partial charge >= 0.3 is 0 Å². The molecule has 1 saturated carbocycles. The van der Waals surface area contributed by atoms with Crippen LogP contribution in [0.25, 0.3) is 0 Å². The molecule has 0 spiro atoms. The lowest BCUT2D eigenvalue weighted by atomic mass is 10.0. The summed E-state index contributed by atoms with van der Waals surface area (Å²) >= 11 is 0. The molecule has 2 N–H and O–H groups in total. The molecular formula is C14H24N4. The van der Waals surface area contributed by atoms with Crippen molar-refractivity contribution in [2.45, 2.75) is 51.0 Å². The van der Waals surface area contributed by atoms with Crippen LogP contribution in [0.5, 0.6) is 0 Å². The molecule has 18 heavy (non-hydrogen) atoms. The summed E-state index contributed by atoms with van der Waals surface area (Å²) in [6.45, 7) is 4.77. The van der Waals surface area contributed by atoms with E-state index in [1.165, 1.54) is 31.2 Å². The first kappa shape index (κ1) is 13.3. The monoisotopic (exact) mass is 248 g/mol. The molecular weight excluding hydrogens is 224 g/mol. The molecule has 0 saturated heterocycles. The van der Waals surface area contributed by atoms with E-state index < -0.39 is 0 Å². The average molecular weight is 248 g/mol. The van der Waals surface area contributed by atoms with Crippen molar-refractivity contribution in [1.82, 2.24) is 9.97 Å². The lowest BCUT2D eigenvalue weighted by Gasteiger charge is -2.26. The predicted octanol–water partition coefficient (Wildman–Crippen LogP) is 2.31. The van der Waals surface area contributed by atoms with E-state index in [1.807, 2.05) is 38.2 Å². The van der Waals surface area contributed by atoms with Crippen molar-refractivity contribution >= 4 is 5.95 Å². The molecule has 1 aliphatic carbocycles. The van der Waals surface area contributed by atoms with Crippen molar-refractivity contribution in [2.75, 3.05) is 18.5 Å². The zero-order chi connectivity index (χ0) is 13.2. The molecule has 1 fully saturated rings. The van der Waals surface area contributed by atoms with Gasteiger partial charge in [-0.05, 0) is 38.2 Å². The Morgan fingerprint density at radius 2 is 1.83 bits per heavy atom. The highest BCUT2D eigenvalue weighted by molar-refractivity contribution is 5.30. The number of rotatable bonds is 4. The van der Waals surface area contributed by atoms with E-state index in [1.54, 1.807) is 0 Å². The second-order valence-electron chi connectivity index (χ2n) is 6.14. The summed E-state index contributed by atoms with van der Waals surface area (Å²) in [6, 6.07) is 0. The number of hydrogen-bond donors (Lipinski definition) is 1. The Bertz CT molecular complexity index is 374. The second kappa shape index (κ2) is 5.22. The van der Waals surface area contributed by atoms with Crippen LogP contribution in [0.4, 0.5) is 5.95 Å². The van der Waals surface area contributed by atoms with E-state index in [-0.39, 0.29) is 5.54 Å². The van der Waals surface area contributed by atoms with Crippen LogP contribution in [0.15, 0.2) is 12.4 Å². The smallest absolute Gasteiger partial charge is 0.225 e. The maximum Gasteiger partial charge on any atom is 0.225 e. The highest BCUT2D eigenvalue weighted by Crippen LogP contribution is 2.33. The third-order valence-electron chi connectivity index (χ3n) is 3.47. The van der Waals surface area contributed by atoms with Gasteiger partial charge in [-0.2, -0.15) is 0 Å². The summed E-state index contributed by atoms with van der Waals surface area (Å²) in [7, 11) is 1.99. The highest BCUT2D eigenvalue weighted by Gasteiger charge is 2.19. The van der Waals surface area contributed by atoms with Crippen LogP contribution >= 0.6 is 0 Å². The molecule has 1 aliphatic rings. The number of aromatic nitrogens is 2. The van der Waals surface area contributed by atoms with Crippen LogP contribution in [0.2, 0.25) is 0 Å². The molecule has 0 aromatic carbocycles. The Labute approximate surface area is 110 Å².